The average Bonchev–Trinajstić information content (AvgIpc) is 2.76. The third-order valence-electron chi connectivity index (χ3n) is 4.68. The van der Waals surface area contributed by atoms with Gasteiger partial charge >= 0.3 is 12.1 Å². The van der Waals surface area contributed by atoms with Gasteiger partial charge in [-0.3, -0.25) is 0 Å². The second kappa shape index (κ2) is 9.99. The number of benzene rings is 3. The Labute approximate surface area is 188 Å². The van der Waals surface area contributed by atoms with E-state index in [1.807, 2.05) is 25.1 Å². The molecule has 1 N–H and O–H groups in total. The Balaban J connectivity index is 1.72. The molecule has 3 rings (SSSR count). The zero-order chi connectivity index (χ0) is 23.3. The van der Waals surface area contributed by atoms with E-state index >= 15 is 0 Å². The second-order valence-corrected chi connectivity index (χ2v) is 8.03. The van der Waals surface area contributed by atoms with Crippen molar-refractivity contribution in [2.24, 2.45) is 0 Å². The molecule has 0 aromatic heterocycles. The predicted molar refractivity (Wildman–Crippen MR) is 117 cm³/mol. The van der Waals surface area contributed by atoms with Crippen molar-refractivity contribution in [2.75, 3.05) is 13.7 Å². The molecule has 0 spiro atoms. The number of aliphatic carboxylic acids is 1. The van der Waals surface area contributed by atoms with Crippen LogP contribution in [0.5, 0.6) is 11.5 Å². The summed E-state index contributed by atoms with van der Waals surface area (Å²) in [5, 5.41) is 8.79. The van der Waals surface area contributed by atoms with Crippen molar-refractivity contribution >= 4 is 17.7 Å². The molecule has 0 bridgehead atoms. The topological polar surface area (TPSA) is 55.8 Å². The van der Waals surface area contributed by atoms with E-state index in [4.69, 9.17) is 14.6 Å². The molecule has 0 aliphatic heterocycles. The highest BCUT2D eigenvalue weighted by atomic mass is 32.2. The minimum absolute atomic E-state index is 0.436. The highest BCUT2D eigenvalue weighted by Gasteiger charge is 2.30. The molecule has 0 fully saturated rings. The van der Waals surface area contributed by atoms with Crippen LogP contribution in [0.1, 0.15) is 16.7 Å². The number of carboxylic acids is 1. The summed E-state index contributed by atoms with van der Waals surface area (Å²) < 4.78 is 49.6. The summed E-state index contributed by atoms with van der Waals surface area (Å²) in [6.07, 6.45) is -4.38. The molecule has 0 amide bonds. The van der Waals surface area contributed by atoms with Gasteiger partial charge in [-0.05, 0) is 47.4 Å². The SMILES string of the molecule is COc1cc(OCC(=O)O)c(C)cc1SCc1ccc(-c2cccc(C(F)(F)F)c2)cc1. The monoisotopic (exact) mass is 462 g/mol. The van der Waals surface area contributed by atoms with Crippen LogP contribution in [-0.2, 0) is 16.7 Å². The maximum absolute atomic E-state index is 13.0. The lowest BCUT2D eigenvalue weighted by molar-refractivity contribution is -0.139. The summed E-state index contributed by atoms with van der Waals surface area (Å²) >= 11 is 1.53. The van der Waals surface area contributed by atoms with Crippen molar-refractivity contribution in [1.29, 1.82) is 0 Å². The van der Waals surface area contributed by atoms with Crippen LogP contribution >= 0.6 is 11.8 Å². The average molecular weight is 462 g/mol. The van der Waals surface area contributed by atoms with Crippen molar-refractivity contribution < 1.29 is 32.5 Å². The van der Waals surface area contributed by atoms with Crippen LogP contribution in [0.2, 0.25) is 0 Å². The number of rotatable bonds is 8. The Morgan fingerprint density at radius 3 is 2.34 bits per heavy atom. The summed E-state index contributed by atoms with van der Waals surface area (Å²) in [7, 11) is 1.53. The minimum atomic E-state index is -4.38. The second-order valence-electron chi connectivity index (χ2n) is 7.02. The molecular formula is C24H21F3O4S. The normalized spacial score (nSPS) is 11.3. The molecule has 3 aromatic rings. The lowest BCUT2D eigenvalue weighted by atomic mass is 10.0. The molecule has 168 valence electrons. The van der Waals surface area contributed by atoms with Crippen LogP contribution in [0.25, 0.3) is 11.1 Å². The van der Waals surface area contributed by atoms with Crippen molar-refractivity contribution in [3.63, 3.8) is 0 Å². The summed E-state index contributed by atoms with van der Waals surface area (Å²) in [6, 6.07) is 16.2. The van der Waals surface area contributed by atoms with Crippen LogP contribution in [0, 0.1) is 6.92 Å². The quantitative estimate of drug-likeness (QED) is 0.390. The lowest BCUT2D eigenvalue weighted by Crippen LogP contribution is -2.10. The van der Waals surface area contributed by atoms with Crippen LogP contribution in [0.4, 0.5) is 13.2 Å². The number of aryl methyl sites for hydroxylation is 1. The Kier molecular flexibility index (Phi) is 7.35. The van der Waals surface area contributed by atoms with E-state index in [1.165, 1.54) is 24.9 Å². The molecular weight excluding hydrogens is 441 g/mol. The van der Waals surface area contributed by atoms with Crippen LogP contribution in [0.3, 0.4) is 0 Å². The van der Waals surface area contributed by atoms with Gasteiger partial charge in [0.25, 0.3) is 0 Å². The summed E-state index contributed by atoms with van der Waals surface area (Å²) in [5.41, 5.74) is 2.32. The zero-order valence-corrected chi connectivity index (χ0v) is 18.2. The summed E-state index contributed by atoms with van der Waals surface area (Å²) in [6.45, 7) is 1.39. The Morgan fingerprint density at radius 1 is 1.00 bits per heavy atom. The highest BCUT2D eigenvalue weighted by Crippen LogP contribution is 2.37. The van der Waals surface area contributed by atoms with E-state index in [0.717, 1.165) is 28.2 Å². The zero-order valence-electron chi connectivity index (χ0n) is 17.4. The van der Waals surface area contributed by atoms with Gasteiger partial charge in [0.1, 0.15) is 11.5 Å². The number of halogens is 3. The number of carbonyl (C=O) groups is 1. The van der Waals surface area contributed by atoms with Gasteiger partial charge in [-0.2, -0.15) is 13.2 Å². The van der Waals surface area contributed by atoms with E-state index in [0.29, 0.717) is 28.4 Å². The Morgan fingerprint density at radius 2 is 1.72 bits per heavy atom. The van der Waals surface area contributed by atoms with Crippen molar-refractivity contribution in [2.45, 2.75) is 23.7 Å². The summed E-state index contributed by atoms with van der Waals surface area (Å²) in [5.74, 6) is 0.574. The van der Waals surface area contributed by atoms with Gasteiger partial charge in [0.05, 0.1) is 17.6 Å². The smallest absolute Gasteiger partial charge is 0.416 e. The molecule has 8 heteroatoms. The first-order valence-electron chi connectivity index (χ1n) is 9.60. The number of methoxy groups -OCH3 is 1. The fraction of sp³-hybridized carbons (Fsp3) is 0.208. The molecule has 0 unspecified atom stereocenters. The molecule has 0 radical (unpaired) electrons. The number of hydrogen-bond acceptors (Lipinski definition) is 4. The molecule has 0 saturated carbocycles. The van der Waals surface area contributed by atoms with Gasteiger partial charge in [0, 0.05) is 11.8 Å². The van der Waals surface area contributed by atoms with E-state index in [1.54, 1.807) is 24.3 Å². The molecule has 32 heavy (non-hydrogen) atoms. The molecule has 0 aliphatic carbocycles. The fourth-order valence-corrected chi connectivity index (χ4v) is 4.10. The lowest BCUT2D eigenvalue weighted by Gasteiger charge is -2.14. The van der Waals surface area contributed by atoms with Crippen molar-refractivity contribution in [3.05, 3.63) is 77.4 Å². The van der Waals surface area contributed by atoms with E-state index in [9.17, 15) is 18.0 Å². The number of ether oxygens (including phenoxy) is 2. The van der Waals surface area contributed by atoms with E-state index in [-0.39, 0.29) is 0 Å². The molecule has 0 saturated heterocycles. The number of hydrogen-bond donors (Lipinski definition) is 1. The maximum atomic E-state index is 13.0. The maximum Gasteiger partial charge on any atom is 0.416 e. The van der Waals surface area contributed by atoms with Gasteiger partial charge in [-0.25, -0.2) is 4.79 Å². The third kappa shape index (κ3) is 5.97. The van der Waals surface area contributed by atoms with E-state index < -0.39 is 24.3 Å². The van der Waals surface area contributed by atoms with Gasteiger partial charge in [0.2, 0.25) is 0 Å². The van der Waals surface area contributed by atoms with Crippen LogP contribution < -0.4 is 9.47 Å². The van der Waals surface area contributed by atoms with Crippen molar-refractivity contribution in [1.82, 2.24) is 0 Å². The molecule has 0 aliphatic rings. The largest absolute Gasteiger partial charge is 0.495 e. The molecule has 4 nitrogen and oxygen atoms in total. The molecule has 3 aromatic carbocycles. The Hall–Kier alpha value is -3.13. The van der Waals surface area contributed by atoms with Gasteiger partial charge in [-0.1, -0.05) is 36.4 Å². The minimum Gasteiger partial charge on any atom is -0.495 e. The van der Waals surface area contributed by atoms with Gasteiger partial charge in [-0.15, -0.1) is 11.8 Å². The number of alkyl halides is 3. The van der Waals surface area contributed by atoms with Gasteiger partial charge in [0.15, 0.2) is 6.61 Å². The van der Waals surface area contributed by atoms with Crippen LogP contribution in [-0.4, -0.2) is 24.8 Å². The summed E-state index contributed by atoms with van der Waals surface area (Å²) in [4.78, 5) is 11.6. The van der Waals surface area contributed by atoms with Crippen molar-refractivity contribution in [3.8, 4) is 22.6 Å². The standard InChI is InChI=1S/C24H21F3O4S/c1-15-10-22(21(30-2)12-20(15)31-13-23(28)29)32-14-16-6-8-17(9-7-16)18-4-3-5-19(11-18)24(25,26)27/h3-12H,13-14H2,1-2H3,(H,28,29). The van der Waals surface area contributed by atoms with Gasteiger partial charge < -0.3 is 14.6 Å². The number of thioether (sulfide) groups is 1. The third-order valence-corrected chi connectivity index (χ3v) is 5.79. The van der Waals surface area contributed by atoms with Crippen LogP contribution in [0.15, 0.2) is 65.6 Å². The fourth-order valence-electron chi connectivity index (χ4n) is 3.04. The first-order valence-corrected chi connectivity index (χ1v) is 10.6. The predicted octanol–water partition coefficient (Wildman–Crippen LogP) is 6.45. The van der Waals surface area contributed by atoms with E-state index in [2.05, 4.69) is 0 Å². The number of carboxylic acid groups (broad SMARTS) is 1. The highest BCUT2D eigenvalue weighted by molar-refractivity contribution is 7.98. The Bertz CT molecular complexity index is 1100. The molecule has 0 atom stereocenters. The first-order chi connectivity index (χ1) is 15.2. The first kappa shape index (κ1) is 23.5. The molecule has 0 heterocycles.